The number of aromatic nitrogens is 1. The topological polar surface area (TPSA) is 77.8 Å². The van der Waals surface area contributed by atoms with Gasteiger partial charge in [0.1, 0.15) is 0 Å². The minimum absolute atomic E-state index is 0.0412. The Balaban J connectivity index is 1.62. The molecule has 2 aromatic carbocycles. The molecule has 30 heavy (non-hydrogen) atoms. The summed E-state index contributed by atoms with van der Waals surface area (Å²) in [6, 6.07) is 15.3. The maximum absolute atomic E-state index is 13.0. The summed E-state index contributed by atoms with van der Waals surface area (Å²) in [5.74, 6) is -0.728. The molecule has 1 fully saturated rings. The number of carbonyl (C=O) groups is 2. The van der Waals surface area contributed by atoms with Crippen LogP contribution in [-0.2, 0) is 17.9 Å². The van der Waals surface area contributed by atoms with E-state index < -0.39 is 5.91 Å². The van der Waals surface area contributed by atoms with E-state index in [2.05, 4.69) is 21.6 Å². The lowest BCUT2D eigenvalue weighted by atomic mass is 9.89. The average Bonchev–Trinajstić information content (AvgIpc) is 3.09. The Hall–Kier alpha value is -3.23. The van der Waals surface area contributed by atoms with Gasteiger partial charge in [0, 0.05) is 42.3 Å². The molecule has 2 amide bonds. The number of amides is 2. The zero-order valence-electron chi connectivity index (χ0n) is 16.3. The summed E-state index contributed by atoms with van der Waals surface area (Å²) in [4.78, 5) is 28.3. The Morgan fingerprint density at radius 2 is 1.93 bits per heavy atom. The number of nitrogens with zero attached hydrogens (tertiary/aromatic N) is 3. The Bertz CT molecular complexity index is 1200. The third-order valence-corrected chi connectivity index (χ3v) is 6.59. The van der Waals surface area contributed by atoms with Crippen molar-refractivity contribution in [3.05, 3.63) is 70.9 Å². The summed E-state index contributed by atoms with van der Waals surface area (Å²) in [5, 5.41) is 10.5. The van der Waals surface area contributed by atoms with Crippen molar-refractivity contribution in [1.82, 2.24) is 19.8 Å². The first-order valence-corrected chi connectivity index (χ1v) is 10.1. The Morgan fingerprint density at radius 3 is 2.67 bits per heavy atom. The van der Waals surface area contributed by atoms with Crippen molar-refractivity contribution in [2.45, 2.75) is 19.0 Å². The van der Waals surface area contributed by atoms with Crippen molar-refractivity contribution in [3.63, 3.8) is 0 Å². The number of hydrogen-bond acceptors (Lipinski definition) is 4. The van der Waals surface area contributed by atoms with Crippen LogP contribution in [0.15, 0.2) is 48.5 Å². The standard InChI is InChI=1S/C22H20N4O3S/c1-24-21(28)16-11-25(22(24)30)12-18-19(16)15-4-2-3-5-17(15)26(18)10-13-6-8-14(9-7-13)20(27)23-29/h2-9,16,29H,10-12H2,1H3,(H,23,27). The molecule has 1 unspecified atom stereocenters. The zero-order chi connectivity index (χ0) is 21.0. The average molecular weight is 420 g/mol. The number of hydroxylamine groups is 1. The van der Waals surface area contributed by atoms with Gasteiger partial charge in [-0.3, -0.25) is 19.7 Å². The predicted octanol–water partition coefficient (Wildman–Crippen LogP) is 2.46. The van der Waals surface area contributed by atoms with Gasteiger partial charge in [-0.25, -0.2) is 5.48 Å². The van der Waals surface area contributed by atoms with Crippen LogP contribution < -0.4 is 5.48 Å². The van der Waals surface area contributed by atoms with Crippen LogP contribution >= 0.6 is 12.2 Å². The normalized spacial score (nSPS) is 18.0. The van der Waals surface area contributed by atoms with E-state index in [0.29, 0.717) is 30.3 Å². The van der Waals surface area contributed by atoms with Crippen LogP contribution in [0, 0.1) is 0 Å². The molecular formula is C22H20N4O3S. The molecule has 2 bridgehead atoms. The smallest absolute Gasteiger partial charge is 0.274 e. The summed E-state index contributed by atoms with van der Waals surface area (Å²) < 4.78 is 2.24. The van der Waals surface area contributed by atoms with Crippen LogP contribution in [0.1, 0.15) is 33.1 Å². The van der Waals surface area contributed by atoms with Gasteiger partial charge in [0.15, 0.2) is 5.11 Å². The summed E-state index contributed by atoms with van der Waals surface area (Å²) in [6.07, 6.45) is 0. The molecule has 0 aliphatic carbocycles. The molecule has 0 spiro atoms. The van der Waals surface area contributed by atoms with Gasteiger partial charge in [-0.15, -0.1) is 0 Å². The van der Waals surface area contributed by atoms with Crippen molar-refractivity contribution >= 4 is 40.0 Å². The lowest BCUT2D eigenvalue weighted by Crippen LogP contribution is -2.56. The lowest BCUT2D eigenvalue weighted by molar-refractivity contribution is -0.130. The van der Waals surface area contributed by atoms with Crippen LogP contribution in [0.5, 0.6) is 0 Å². The summed E-state index contributed by atoms with van der Waals surface area (Å²) in [6.45, 7) is 1.88. The molecular weight excluding hydrogens is 400 g/mol. The Morgan fingerprint density at radius 1 is 1.20 bits per heavy atom. The van der Waals surface area contributed by atoms with Crippen LogP contribution in [0.4, 0.5) is 0 Å². The first kappa shape index (κ1) is 18.8. The molecule has 1 aromatic heterocycles. The number of thiocarbonyl (C=S) groups is 1. The molecule has 2 N–H and O–H groups in total. The third-order valence-electron chi connectivity index (χ3n) is 6.06. The fourth-order valence-electron chi connectivity index (χ4n) is 4.58. The van der Waals surface area contributed by atoms with E-state index >= 15 is 0 Å². The number of likely N-dealkylation sites (N-methyl/N-ethyl adjacent to an activating group) is 1. The second kappa shape index (κ2) is 6.93. The van der Waals surface area contributed by atoms with Gasteiger partial charge in [0.25, 0.3) is 5.91 Å². The fraction of sp³-hybridized carbons (Fsp3) is 0.227. The molecule has 2 aliphatic heterocycles. The van der Waals surface area contributed by atoms with Gasteiger partial charge in [-0.1, -0.05) is 30.3 Å². The number of fused-ring (bicyclic) bond motifs is 6. The van der Waals surface area contributed by atoms with Crippen molar-refractivity contribution in [1.29, 1.82) is 0 Å². The second-order valence-electron chi connectivity index (χ2n) is 7.71. The van der Waals surface area contributed by atoms with Gasteiger partial charge in [-0.2, -0.15) is 0 Å². The van der Waals surface area contributed by atoms with Crippen LogP contribution in [0.25, 0.3) is 10.9 Å². The molecule has 5 rings (SSSR count). The first-order valence-electron chi connectivity index (χ1n) is 9.69. The van der Waals surface area contributed by atoms with Gasteiger partial charge in [-0.05, 0) is 41.5 Å². The number of benzene rings is 2. The predicted molar refractivity (Wildman–Crippen MR) is 115 cm³/mol. The van der Waals surface area contributed by atoms with Crippen molar-refractivity contribution in [2.75, 3.05) is 13.6 Å². The molecule has 1 saturated heterocycles. The Labute approximate surface area is 178 Å². The van der Waals surface area contributed by atoms with E-state index in [1.165, 1.54) is 0 Å². The van der Waals surface area contributed by atoms with Crippen LogP contribution in [0.3, 0.4) is 0 Å². The highest BCUT2D eigenvalue weighted by atomic mass is 32.1. The minimum Gasteiger partial charge on any atom is -0.342 e. The highest BCUT2D eigenvalue weighted by Crippen LogP contribution is 2.40. The van der Waals surface area contributed by atoms with Gasteiger partial charge in [0.05, 0.1) is 12.5 Å². The second-order valence-corrected chi connectivity index (χ2v) is 8.08. The van der Waals surface area contributed by atoms with Gasteiger partial charge < -0.3 is 9.47 Å². The number of para-hydroxylation sites is 1. The maximum atomic E-state index is 13.0. The van der Waals surface area contributed by atoms with Gasteiger partial charge in [0.2, 0.25) is 5.91 Å². The van der Waals surface area contributed by atoms with Crippen LogP contribution in [0.2, 0.25) is 0 Å². The summed E-state index contributed by atoms with van der Waals surface area (Å²) >= 11 is 5.51. The van der Waals surface area contributed by atoms with E-state index in [4.69, 9.17) is 17.4 Å². The largest absolute Gasteiger partial charge is 0.342 e. The number of nitrogens with one attached hydrogen (secondary N) is 1. The van der Waals surface area contributed by atoms with Crippen molar-refractivity contribution < 1.29 is 14.8 Å². The number of hydrogen-bond donors (Lipinski definition) is 2. The monoisotopic (exact) mass is 420 g/mol. The zero-order valence-corrected chi connectivity index (χ0v) is 17.1. The molecule has 2 aliphatic rings. The van der Waals surface area contributed by atoms with Crippen LogP contribution in [-0.4, -0.2) is 50.1 Å². The molecule has 0 radical (unpaired) electrons. The number of rotatable bonds is 3. The number of carbonyl (C=O) groups excluding carboxylic acids is 2. The highest BCUT2D eigenvalue weighted by molar-refractivity contribution is 7.80. The Kier molecular flexibility index (Phi) is 4.34. The highest BCUT2D eigenvalue weighted by Gasteiger charge is 2.42. The molecule has 0 saturated carbocycles. The lowest BCUT2D eigenvalue weighted by Gasteiger charge is -2.43. The summed E-state index contributed by atoms with van der Waals surface area (Å²) in [5.41, 5.74) is 6.33. The van der Waals surface area contributed by atoms with E-state index in [1.54, 1.807) is 29.6 Å². The molecule has 8 heteroatoms. The maximum Gasteiger partial charge on any atom is 0.274 e. The fourth-order valence-corrected chi connectivity index (χ4v) is 4.81. The molecule has 7 nitrogen and oxygen atoms in total. The van der Waals surface area contributed by atoms with E-state index in [0.717, 1.165) is 27.7 Å². The molecule has 3 aromatic rings. The molecule has 3 heterocycles. The van der Waals surface area contributed by atoms with Crippen molar-refractivity contribution in [3.8, 4) is 0 Å². The molecule has 152 valence electrons. The summed E-state index contributed by atoms with van der Waals surface area (Å²) in [7, 11) is 1.75. The van der Waals surface area contributed by atoms with Gasteiger partial charge >= 0.3 is 0 Å². The van der Waals surface area contributed by atoms with E-state index in [1.807, 2.05) is 24.3 Å². The third kappa shape index (κ3) is 2.72. The molecule has 1 atom stereocenters. The van der Waals surface area contributed by atoms with E-state index in [-0.39, 0.29) is 11.8 Å². The first-order chi connectivity index (χ1) is 14.5. The SMILES string of the molecule is CN1C(=O)C2CN(Cc3c2c2ccccc2n3Cc2ccc(C(=O)NO)cc2)C1=S. The quantitative estimate of drug-likeness (QED) is 0.387. The minimum atomic E-state index is -0.540. The van der Waals surface area contributed by atoms with Crippen molar-refractivity contribution in [2.24, 2.45) is 0 Å². The van der Waals surface area contributed by atoms with E-state index in [9.17, 15) is 9.59 Å².